The van der Waals surface area contributed by atoms with Gasteiger partial charge in [0.15, 0.2) is 0 Å². The van der Waals surface area contributed by atoms with E-state index in [1.54, 1.807) is 12.3 Å². The minimum Gasteiger partial charge on any atom is -0.367 e. The third-order valence-corrected chi connectivity index (χ3v) is 7.15. The summed E-state index contributed by atoms with van der Waals surface area (Å²) in [5.74, 6) is -0.735. The zero-order valence-corrected chi connectivity index (χ0v) is 20.1. The Bertz CT molecular complexity index is 1320. The number of hydrogen-bond acceptors (Lipinski definition) is 5. The summed E-state index contributed by atoms with van der Waals surface area (Å²) in [6.45, 7) is 1.98. The highest BCUT2D eigenvalue weighted by Crippen LogP contribution is 2.40. The first kappa shape index (κ1) is 24.6. The van der Waals surface area contributed by atoms with Gasteiger partial charge < -0.3 is 15.1 Å². The van der Waals surface area contributed by atoms with Crippen LogP contribution in [0.25, 0.3) is 0 Å². The first-order valence-electron chi connectivity index (χ1n) is 12.2. The third-order valence-electron chi connectivity index (χ3n) is 7.15. The molecule has 1 saturated heterocycles. The van der Waals surface area contributed by atoms with Crippen LogP contribution in [0.4, 0.5) is 24.5 Å². The van der Waals surface area contributed by atoms with Gasteiger partial charge in [-0.2, -0.15) is 18.4 Å². The van der Waals surface area contributed by atoms with Gasteiger partial charge in [-0.1, -0.05) is 18.2 Å². The van der Waals surface area contributed by atoms with Gasteiger partial charge in [0.05, 0.1) is 28.8 Å². The molecule has 2 aromatic carbocycles. The van der Waals surface area contributed by atoms with Crippen LogP contribution in [0.2, 0.25) is 0 Å². The quantitative estimate of drug-likeness (QED) is 0.563. The molecular formula is C28H26F3N5O. The number of pyridine rings is 1. The number of amides is 1. The number of alkyl halides is 3. The van der Waals surface area contributed by atoms with E-state index in [1.807, 2.05) is 36.4 Å². The number of anilines is 2. The van der Waals surface area contributed by atoms with E-state index in [0.717, 1.165) is 23.1 Å². The molecule has 0 saturated carbocycles. The molecule has 5 rings (SSSR count). The lowest BCUT2D eigenvalue weighted by atomic mass is 9.82. The summed E-state index contributed by atoms with van der Waals surface area (Å²) in [6, 6.07) is 18.7. The van der Waals surface area contributed by atoms with E-state index in [9.17, 15) is 23.2 Å². The molecule has 2 atom stereocenters. The normalized spacial score (nSPS) is 19.0. The number of benzene rings is 2. The second-order valence-electron chi connectivity index (χ2n) is 9.35. The smallest absolute Gasteiger partial charge is 0.367 e. The molecule has 37 heavy (non-hydrogen) atoms. The molecule has 1 fully saturated rings. The average molecular weight is 506 g/mol. The summed E-state index contributed by atoms with van der Waals surface area (Å²) in [7, 11) is 0. The highest BCUT2D eigenvalue weighted by molar-refractivity contribution is 5.82. The predicted octanol–water partition coefficient (Wildman–Crippen LogP) is 4.20. The molecular weight excluding hydrogens is 479 g/mol. The molecule has 0 unspecified atom stereocenters. The van der Waals surface area contributed by atoms with Gasteiger partial charge in [-0.05, 0) is 54.4 Å². The van der Waals surface area contributed by atoms with Crippen LogP contribution in [0.3, 0.4) is 0 Å². The van der Waals surface area contributed by atoms with Gasteiger partial charge in [0.2, 0.25) is 5.91 Å². The van der Waals surface area contributed by atoms with Crippen LogP contribution >= 0.6 is 0 Å². The van der Waals surface area contributed by atoms with E-state index in [4.69, 9.17) is 0 Å². The van der Waals surface area contributed by atoms with Crippen molar-refractivity contribution in [2.75, 3.05) is 36.0 Å². The Morgan fingerprint density at radius 3 is 2.65 bits per heavy atom. The summed E-state index contributed by atoms with van der Waals surface area (Å²) >= 11 is 0. The molecule has 190 valence electrons. The Labute approximate surface area is 213 Å². The molecule has 0 bridgehead atoms. The lowest BCUT2D eigenvalue weighted by Crippen LogP contribution is -2.61. The van der Waals surface area contributed by atoms with E-state index >= 15 is 0 Å². The molecule has 1 amide bonds. The number of fused-ring (bicyclic) bond motifs is 3. The molecule has 9 heteroatoms. The van der Waals surface area contributed by atoms with E-state index in [-0.39, 0.29) is 18.4 Å². The number of hydrogen-bond donors (Lipinski definition) is 1. The molecule has 2 aliphatic rings. The van der Waals surface area contributed by atoms with Gasteiger partial charge in [0, 0.05) is 50.2 Å². The van der Waals surface area contributed by atoms with Crippen molar-refractivity contribution >= 4 is 17.3 Å². The van der Waals surface area contributed by atoms with Gasteiger partial charge in [0.1, 0.15) is 6.07 Å². The van der Waals surface area contributed by atoms with Crippen molar-refractivity contribution in [3.05, 3.63) is 89.2 Å². The number of carbonyl (C=O) groups is 1. The average Bonchev–Trinajstić information content (AvgIpc) is 2.92. The van der Waals surface area contributed by atoms with E-state index < -0.39 is 17.7 Å². The number of aromatic nitrogens is 1. The summed E-state index contributed by atoms with van der Waals surface area (Å²) < 4.78 is 40.4. The Hall–Kier alpha value is -4.06. The molecule has 1 N–H and O–H groups in total. The van der Waals surface area contributed by atoms with Crippen LogP contribution in [0.1, 0.15) is 22.4 Å². The highest BCUT2D eigenvalue weighted by atomic mass is 19.4. The van der Waals surface area contributed by atoms with Crippen LogP contribution < -0.4 is 15.1 Å². The molecule has 6 nitrogen and oxygen atoms in total. The number of piperazine rings is 1. The van der Waals surface area contributed by atoms with Gasteiger partial charge in [-0.15, -0.1) is 0 Å². The number of rotatable bonds is 5. The monoisotopic (exact) mass is 505 g/mol. The van der Waals surface area contributed by atoms with Crippen molar-refractivity contribution in [1.29, 1.82) is 5.26 Å². The standard InChI is InChI=1S/C28H26F3N5O/c29-28(30,31)21-8-9-25-20(15-21)16-23(27(37)34-12-10-22-6-3-4-11-33-22)26-18-35(13-14-36(25)26)24-7-2-1-5-19(24)17-32/h1-9,11,15,23,26H,10,12-14,16,18H2,(H,34,37)/t23-,26-/m1/s1. The fourth-order valence-electron chi connectivity index (χ4n) is 5.35. The number of para-hydroxylation sites is 1. The fraction of sp³-hybridized carbons (Fsp3) is 0.321. The number of nitriles is 1. The van der Waals surface area contributed by atoms with Crippen LogP contribution in [-0.4, -0.2) is 43.1 Å². The van der Waals surface area contributed by atoms with Crippen molar-refractivity contribution in [3.63, 3.8) is 0 Å². The summed E-state index contributed by atoms with van der Waals surface area (Å²) in [5, 5.41) is 12.6. The topological polar surface area (TPSA) is 72.3 Å². The number of halogens is 3. The summed E-state index contributed by atoms with van der Waals surface area (Å²) in [5.41, 5.74) is 2.77. The number of carbonyl (C=O) groups excluding carboxylic acids is 1. The highest BCUT2D eigenvalue weighted by Gasteiger charge is 2.43. The van der Waals surface area contributed by atoms with Crippen molar-refractivity contribution < 1.29 is 18.0 Å². The Morgan fingerprint density at radius 2 is 1.89 bits per heavy atom. The minimum absolute atomic E-state index is 0.190. The summed E-state index contributed by atoms with van der Waals surface area (Å²) in [6.07, 6.45) is -1.99. The van der Waals surface area contributed by atoms with Crippen molar-refractivity contribution in [3.8, 4) is 6.07 Å². The molecule has 2 aliphatic heterocycles. The maximum absolute atomic E-state index is 13.5. The first-order valence-corrected chi connectivity index (χ1v) is 12.2. The van der Waals surface area contributed by atoms with Crippen molar-refractivity contribution in [2.24, 2.45) is 5.92 Å². The second kappa shape index (κ2) is 10.1. The van der Waals surface area contributed by atoms with E-state index in [1.165, 1.54) is 12.1 Å². The Morgan fingerprint density at radius 1 is 1.08 bits per heavy atom. The zero-order chi connectivity index (χ0) is 26.0. The predicted molar refractivity (Wildman–Crippen MR) is 134 cm³/mol. The van der Waals surface area contributed by atoms with Gasteiger partial charge in [-0.3, -0.25) is 9.78 Å². The van der Waals surface area contributed by atoms with Gasteiger partial charge in [0.25, 0.3) is 0 Å². The Kier molecular flexibility index (Phi) is 6.74. The maximum Gasteiger partial charge on any atom is 0.416 e. The largest absolute Gasteiger partial charge is 0.416 e. The number of nitrogens with zero attached hydrogens (tertiary/aromatic N) is 4. The third kappa shape index (κ3) is 5.10. The Balaban J connectivity index is 1.42. The first-order chi connectivity index (χ1) is 17.8. The van der Waals surface area contributed by atoms with Crippen LogP contribution in [0.15, 0.2) is 66.9 Å². The van der Waals surface area contributed by atoms with Crippen molar-refractivity contribution in [1.82, 2.24) is 10.3 Å². The maximum atomic E-state index is 13.5. The lowest BCUT2D eigenvalue weighted by molar-refractivity contribution is -0.137. The summed E-state index contributed by atoms with van der Waals surface area (Å²) in [4.78, 5) is 21.9. The zero-order valence-electron chi connectivity index (χ0n) is 20.1. The van der Waals surface area contributed by atoms with Gasteiger partial charge >= 0.3 is 6.18 Å². The van der Waals surface area contributed by atoms with Crippen LogP contribution in [0.5, 0.6) is 0 Å². The molecule has 1 aromatic heterocycles. The van der Waals surface area contributed by atoms with Crippen LogP contribution in [-0.2, 0) is 23.8 Å². The van der Waals surface area contributed by atoms with Crippen LogP contribution in [0, 0.1) is 17.2 Å². The number of nitrogens with one attached hydrogen (secondary N) is 1. The van der Waals surface area contributed by atoms with E-state index in [0.29, 0.717) is 43.7 Å². The molecule has 0 spiro atoms. The lowest BCUT2D eigenvalue weighted by Gasteiger charge is -2.49. The van der Waals surface area contributed by atoms with E-state index in [2.05, 4.69) is 26.2 Å². The fourth-order valence-corrected chi connectivity index (χ4v) is 5.35. The van der Waals surface area contributed by atoms with Gasteiger partial charge in [-0.25, -0.2) is 0 Å². The van der Waals surface area contributed by atoms with Crippen molar-refractivity contribution in [2.45, 2.75) is 25.1 Å². The minimum atomic E-state index is -4.45. The molecule has 3 heterocycles. The molecule has 0 radical (unpaired) electrons. The second-order valence-corrected chi connectivity index (χ2v) is 9.35. The molecule has 0 aliphatic carbocycles. The SMILES string of the molecule is N#Cc1ccccc1N1CCN2c3ccc(C(F)(F)F)cc3C[C@@H](C(=O)NCCc3ccccn3)[C@H]2C1. The molecule has 3 aromatic rings.